The first-order chi connectivity index (χ1) is 15.0. The highest BCUT2D eigenvalue weighted by Gasteiger charge is 2.22. The van der Waals surface area contributed by atoms with E-state index in [4.69, 9.17) is 9.26 Å². The Labute approximate surface area is 188 Å². The molecule has 2 heterocycles. The standard InChI is InChI=1S/C23H21BrN4O3/c1-15-7-6-8-17(11-15)12-28-13-20(24)22(26-28)25-23(29)21-19(16(2)31-27-21)14-30-18-9-4-3-5-10-18/h3-11,13H,12,14H2,1-2H3,(H,25,26,29). The average Bonchev–Trinajstić information content (AvgIpc) is 3.29. The number of amides is 1. The van der Waals surface area contributed by atoms with Crippen molar-refractivity contribution in [2.75, 3.05) is 5.32 Å². The van der Waals surface area contributed by atoms with E-state index in [1.165, 1.54) is 5.56 Å². The molecule has 4 rings (SSSR count). The maximum Gasteiger partial charge on any atom is 0.279 e. The Hall–Kier alpha value is -3.39. The summed E-state index contributed by atoms with van der Waals surface area (Å²) in [5, 5.41) is 11.2. The van der Waals surface area contributed by atoms with Crippen LogP contribution in [0.15, 0.2) is 69.8 Å². The molecule has 2 aromatic heterocycles. The van der Waals surface area contributed by atoms with Crippen LogP contribution >= 0.6 is 15.9 Å². The van der Waals surface area contributed by atoms with Crippen LogP contribution < -0.4 is 10.1 Å². The molecule has 7 nitrogen and oxygen atoms in total. The number of benzene rings is 2. The molecule has 0 aliphatic rings. The molecule has 1 N–H and O–H groups in total. The highest BCUT2D eigenvalue weighted by Crippen LogP contribution is 2.23. The molecular weight excluding hydrogens is 460 g/mol. The van der Waals surface area contributed by atoms with Crippen LogP contribution in [0, 0.1) is 13.8 Å². The number of rotatable bonds is 7. The van der Waals surface area contributed by atoms with Crippen molar-refractivity contribution in [3.05, 3.63) is 93.4 Å². The lowest BCUT2D eigenvalue weighted by atomic mass is 10.1. The zero-order valence-corrected chi connectivity index (χ0v) is 18.7. The molecule has 0 fully saturated rings. The number of hydrogen-bond acceptors (Lipinski definition) is 5. The van der Waals surface area contributed by atoms with Gasteiger partial charge in [-0.1, -0.05) is 53.2 Å². The smallest absolute Gasteiger partial charge is 0.279 e. The van der Waals surface area contributed by atoms with Crippen molar-refractivity contribution in [2.24, 2.45) is 0 Å². The van der Waals surface area contributed by atoms with Crippen molar-refractivity contribution in [3.63, 3.8) is 0 Å². The normalized spacial score (nSPS) is 10.8. The molecule has 31 heavy (non-hydrogen) atoms. The van der Waals surface area contributed by atoms with Gasteiger partial charge in [0.25, 0.3) is 5.91 Å². The second-order valence-electron chi connectivity index (χ2n) is 7.13. The van der Waals surface area contributed by atoms with E-state index in [0.29, 0.717) is 33.9 Å². The second kappa shape index (κ2) is 9.18. The van der Waals surface area contributed by atoms with Crippen LogP contribution in [0.25, 0.3) is 0 Å². The number of carbonyl (C=O) groups is 1. The van der Waals surface area contributed by atoms with Gasteiger partial charge in [0, 0.05) is 6.20 Å². The van der Waals surface area contributed by atoms with Crippen LogP contribution in [0.4, 0.5) is 5.82 Å². The lowest BCUT2D eigenvalue weighted by Gasteiger charge is -2.06. The Morgan fingerprint density at radius 1 is 1.16 bits per heavy atom. The first-order valence-corrected chi connectivity index (χ1v) is 10.5. The van der Waals surface area contributed by atoms with Crippen molar-refractivity contribution >= 4 is 27.7 Å². The summed E-state index contributed by atoms with van der Waals surface area (Å²) in [7, 11) is 0. The summed E-state index contributed by atoms with van der Waals surface area (Å²) in [6, 6.07) is 17.6. The second-order valence-corrected chi connectivity index (χ2v) is 7.99. The Kier molecular flexibility index (Phi) is 6.18. The largest absolute Gasteiger partial charge is 0.489 e. The summed E-state index contributed by atoms with van der Waals surface area (Å²) >= 11 is 3.46. The topological polar surface area (TPSA) is 82.2 Å². The van der Waals surface area contributed by atoms with E-state index in [2.05, 4.69) is 37.6 Å². The van der Waals surface area contributed by atoms with Crippen LogP contribution in [0.3, 0.4) is 0 Å². The fourth-order valence-corrected chi connectivity index (χ4v) is 3.55. The van der Waals surface area contributed by atoms with Gasteiger partial charge in [0.15, 0.2) is 11.5 Å². The van der Waals surface area contributed by atoms with Gasteiger partial charge in [-0.15, -0.1) is 0 Å². The fourth-order valence-electron chi connectivity index (χ4n) is 3.14. The number of ether oxygens (including phenoxy) is 1. The Morgan fingerprint density at radius 2 is 1.97 bits per heavy atom. The molecule has 1 amide bonds. The Bertz CT molecular complexity index is 1200. The summed E-state index contributed by atoms with van der Waals surface area (Å²) in [4.78, 5) is 12.9. The van der Waals surface area contributed by atoms with Crippen molar-refractivity contribution in [3.8, 4) is 5.75 Å². The van der Waals surface area contributed by atoms with Crippen LogP contribution in [-0.4, -0.2) is 20.8 Å². The number of carbonyl (C=O) groups excluding carboxylic acids is 1. The molecule has 0 aliphatic heterocycles. The number of aromatic nitrogens is 3. The quantitative estimate of drug-likeness (QED) is 0.396. The number of hydrogen-bond donors (Lipinski definition) is 1. The minimum absolute atomic E-state index is 0.172. The molecule has 8 heteroatoms. The van der Waals surface area contributed by atoms with Crippen LogP contribution in [-0.2, 0) is 13.2 Å². The monoisotopic (exact) mass is 480 g/mol. The van der Waals surface area contributed by atoms with Crippen LogP contribution in [0.1, 0.15) is 32.9 Å². The van der Waals surface area contributed by atoms with Gasteiger partial charge in [0.2, 0.25) is 0 Å². The molecule has 0 atom stereocenters. The molecule has 0 radical (unpaired) electrons. The molecule has 0 saturated carbocycles. The summed E-state index contributed by atoms with van der Waals surface area (Å²) in [5.74, 6) is 1.23. The lowest BCUT2D eigenvalue weighted by molar-refractivity contribution is 0.101. The van der Waals surface area contributed by atoms with Crippen molar-refractivity contribution in [1.29, 1.82) is 0 Å². The van der Waals surface area contributed by atoms with E-state index in [0.717, 1.165) is 5.56 Å². The summed E-state index contributed by atoms with van der Waals surface area (Å²) in [6.45, 7) is 4.56. The van der Waals surface area contributed by atoms with Crippen molar-refractivity contribution < 1.29 is 14.1 Å². The van der Waals surface area contributed by atoms with Gasteiger partial charge in [-0.05, 0) is 47.5 Å². The van der Waals surface area contributed by atoms with Gasteiger partial charge in [0.05, 0.1) is 16.6 Å². The van der Waals surface area contributed by atoms with Crippen LogP contribution in [0.2, 0.25) is 0 Å². The third kappa shape index (κ3) is 5.03. The van der Waals surface area contributed by atoms with Crippen molar-refractivity contribution in [1.82, 2.24) is 14.9 Å². The van der Waals surface area contributed by atoms with Gasteiger partial charge in [-0.2, -0.15) is 5.10 Å². The van der Waals surface area contributed by atoms with Gasteiger partial charge >= 0.3 is 0 Å². The van der Waals surface area contributed by atoms with Crippen molar-refractivity contribution in [2.45, 2.75) is 27.0 Å². The number of halogens is 1. The highest BCUT2D eigenvalue weighted by molar-refractivity contribution is 9.10. The molecule has 0 unspecified atom stereocenters. The highest BCUT2D eigenvalue weighted by atomic mass is 79.9. The number of nitrogens with zero attached hydrogens (tertiary/aromatic N) is 3. The van der Waals surface area contributed by atoms with Gasteiger partial charge in [0.1, 0.15) is 18.1 Å². The van der Waals surface area contributed by atoms with E-state index in [9.17, 15) is 4.79 Å². The molecule has 0 saturated heterocycles. The Morgan fingerprint density at radius 3 is 2.74 bits per heavy atom. The third-order valence-electron chi connectivity index (χ3n) is 4.70. The van der Waals surface area contributed by atoms with Gasteiger partial charge < -0.3 is 14.6 Å². The zero-order chi connectivity index (χ0) is 21.8. The summed E-state index contributed by atoms with van der Waals surface area (Å²) in [5.41, 5.74) is 3.08. The predicted octanol–water partition coefficient (Wildman–Crippen LogP) is 5.13. The number of nitrogens with one attached hydrogen (secondary N) is 1. The zero-order valence-electron chi connectivity index (χ0n) is 17.1. The molecule has 4 aromatic rings. The fraction of sp³-hybridized carbons (Fsp3) is 0.174. The van der Waals surface area contributed by atoms with E-state index in [1.807, 2.05) is 61.7 Å². The first-order valence-electron chi connectivity index (χ1n) is 9.72. The Balaban J connectivity index is 1.47. The molecule has 0 spiro atoms. The van der Waals surface area contributed by atoms with Gasteiger partial charge in [-0.25, -0.2) is 0 Å². The minimum Gasteiger partial charge on any atom is -0.489 e. The minimum atomic E-state index is -0.412. The maximum absolute atomic E-state index is 12.9. The molecular formula is C23H21BrN4O3. The molecule has 2 aromatic carbocycles. The van der Waals surface area contributed by atoms with E-state index in [1.54, 1.807) is 11.6 Å². The van der Waals surface area contributed by atoms with Crippen LogP contribution in [0.5, 0.6) is 5.75 Å². The van der Waals surface area contributed by atoms with E-state index in [-0.39, 0.29) is 12.3 Å². The summed E-state index contributed by atoms with van der Waals surface area (Å²) in [6.07, 6.45) is 1.82. The number of anilines is 1. The SMILES string of the molecule is Cc1cccc(Cn2cc(Br)c(NC(=O)c3noc(C)c3COc3ccccc3)n2)c1. The lowest BCUT2D eigenvalue weighted by Crippen LogP contribution is -2.16. The molecule has 0 bridgehead atoms. The number of para-hydroxylation sites is 1. The first kappa shape index (κ1) is 20.9. The van der Waals surface area contributed by atoms with E-state index >= 15 is 0 Å². The third-order valence-corrected chi connectivity index (χ3v) is 5.28. The number of aryl methyl sites for hydroxylation is 2. The molecule has 0 aliphatic carbocycles. The van der Waals surface area contributed by atoms with E-state index < -0.39 is 5.91 Å². The maximum atomic E-state index is 12.9. The molecule has 158 valence electrons. The average molecular weight is 481 g/mol. The summed E-state index contributed by atoms with van der Waals surface area (Å²) < 4.78 is 13.4. The predicted molar refractivity (Wildman–Crippen MR) is 120 cm³/mol. The van der Waals surface area contributed by atoms with Gasteiger partial charge in [-0.3, -0.25) is 9.48 Å².